The van der Waals surface area contributed by atoms with Crippen LogP contribution in [0.1, 0.15) is 0 Å². The van der Waals surface area contributed by atoms with Gasteiger partial charge in [-0.25, -0.2) is 0 Å². The van der Waals surface area contributed by atoms with Crippen molar-refractivity contribution in [3.63, 3.8) is 0 Å². The Labute approximate surface area is 87.1 Å². The van der Waals surface area contributed by atoms with Crippen molar-refractivity contribution in [2.24, 2.45) is 0 Å². The molecule has 0 bridgehead atoms. The molecule has 2 aromatic rings. The minimum Gasteiger partial charge on any atom is -0.409 e. The van der Waals surface area contributed by atoms with Crippen molar-refractivity contribution in [3.8, 4) is 17.7 Å². The molecule has 2 heterocycles. The van der Waals surface area contributed by atoms with Crippen LogP contribution in [0.3, 0.4) is 0 Å². The number of nitriles is 1. The molecule has 2 aromatic heterocycles. The van der Waals surface area contributed by atoms with Gasteiger partial charge in [-0.1, -0.05) is 16.3 Å². The van der Waals surface area contributed by atoms with Gasteiger partial charge in [-0.3, -0.25) is 0 Å². The number of hydrogen-bond acceptors (Lipinski definition) is 8. The summed E-state index contributed by atoms with van der Waals surface area (Å²) in [5, 5.41) is 21.7. The fourth-order valence-corrected chi connectivity index (χ4v) is 1.58. The van der Waals surface area contributed by atoms with Crippen LogP contribution in [0.2, 0.25) is 0 Å². The van der Waals surface area contributed by atoms with E-state index < -0.39 is 0 Å². The molecule has 0 atom stereocenters. The van der Waals surface area contributed by atoms with E-state index in [9.17, 15) is 0 Å². The highest BCUT2D eigenvalue weighted by Crippen LogP contribution is 2.21. The van der Waals surface area contributed by atoms with Gasteiger partial charge in [0.2, 0.25) is 0 Å². The Morgan fingerprint density at radius 3 is 3.14 bits per heavy atom. The van der Waals surface area contributed by atoms with Crippen LogP contribution in [0, 0.1) is 11.3 Å². The van der Waals surface area contributed by atoms with Gasteiger partial charge in [0, 0.05) is 5.38 Å². The Kier molecular flexibility index (Phi) is 2.71. The third-order valence-corrected chi connectivity index (χ3v) is 2.44. The van der Waals surface area contributed by atoms with Crippen molar-refractivity contribution < 1.29 is 4.42 Å². The highest BCUT2D eigenvalue weighted by Gasteiger charge is 2.10. The first kappa shape index (κ1) is 9.11. The molecule has 6 nitrogen and oxygen atoms in total. The minimum atomic E-state index is 0.289. The molecular weight excluding hydrogens is 222 g/mol. The highest BCUT2D eigenvalue weighted by atomic mass is 32.2. The number of rotatable bonds is 3. The third kappa shape index (κ3) is 1.89. The number of nitrogens with zero attached hydrogens (tertiary/aromatic N) is 5. The lowest BCUT2D eigenvalue weighted by Gasteiger charge is -1.84. The predicted octanol–water partition coefficient (Wildman–Crippen LogP) is 1.20. The lowest BCUT2D eigenvalue weighted by molar-refractivity contribution is 0.465. The van der Waals surface area contributed by atoms with Crippen LogP contribution in [0.15, 0.2) is 15.0 Å². The normalized spacial score (nSPS) is 9.93. The summed E-state index contributed by atoms with van der Waals surface area (Å²) < 4.78 is 8.90. The van der Waals surface area contributed by atoms with Crippen molar-refractivity contribution in [2.75, 3.05) is 5.75 Å². The average Bonchev–Trinajstić information content (AvgIpc) is 2.85. The van der Waals surface area contributed by atoms with E-state index >= 15 is 0 Å². The zero-order valence-corrected chi connectivity index (χ0v) is 8.38. The Balaban J connectivity index is 2.15. The first-order valence-corrected chi connectivity index (χ1v) is 5.33. The molecule has 0 unspecified atom stereocenters. The SMILES string of the molecule is N#CCSc1nnc(-c2csnn2)o1. The summed E-state index contributed by atoms with van der Waals surface area (Å²) >= 11 is 2.41. The summed E-state index contributed by atoms with van der Waals surface area (Å²) in [4.78, 5) is 0. The molecule has 0 N–H and O–H groups in total. The van der Waals surface area contributed by atoms with E-state index in [-0.39, 0.29) is 5.75 Å². The van der Waals surface area contributed by atoms with Crippen molar-refractivity contribution in [2.45, 2.75) is 5.22 Å². The zero-order valence-electron chi connectivity index (χ0n) is 6.75. The Morgan fingerprint density at radius 1 is 1.50 bits per heavy atom. The fourth-order valence-electron chi connectivity index (χ4n) is 0.723. The topological polar surface area (TPSA) is 88.5 Å². The molecule has 70 valence electrons. The summed E-state index contributed by atoms with van der Waals surface area (Å²) in [6, 6.07) is 1.97. The van der Waals surface area contributed by atoms with E-state index in [0.29, 0.717) is 16.8 Å². The van der Waals surface area contributed by atoms with Gasteiger partial charge in [-0.2, -0.15) is 5.26 Å². The maximum atomic E-state index is 8.34. The van der Waals surface area contributed by atoms with Crippen molar-refractivity contribution in [1.82, 2.24) is 19.8 Å². The second-order valence-corrected chi connectivity index (χ2v) is 3.65. The average molecular weight is 225 g/mol. The molecular formula is C6H3N5OS2. The lowest BCUT2D eigenvalue weighted by atomic mass is 10.5. The van der Waals surface area contributed by atoms with E-state index in [1.165, 1.54) is 23.3 Å². The summed E-state index contributed by atoms with van der Waals surface area (Å²) in [6.07, 6.45) is 0. The van der Waals surface area contributed by atoms with Gasteiger partial charge in [0.25, 0.3) is 11.1 Å². The van der Waals surface area contributed by atoms with Crippen molar-refractivity contribution >= 4 is 23.3 Å². The smallest absolute Gasteiger partial charge is 0.277 e. The molecule has 14 heavy (non-hydrogen) atoms. The molecule has 0 spiro atoms. The van der Waals surface area contributed by atoms with Crippen LogP contribution in [-0.4, -0.2) is 25.5 Å². The molecule has 8 heteroatoms. The Morgan fingerprint density at radius 2 is 2.43 bits per heavy atom. The lowest BCUT2D eigenvalue weighted by Crippen LogP contribution is -1.76. The molecule has 0 saturated heterocycles. The summed E-state index contributed by atoms with van der Waals surface area (Å²) in [5.41, 5.74) is 0.561. The molecule has 0 amide bonds. The van der Waals surface area contributed by atoms with E-state index in [1.54, 1.807) is 5.38 Å². The van der Waals surface area contributed by atoms with Crippen LogP contribution >= 0.6 is 23.3 Å². The van der Waals surface area contributed by atoms with Crippen LogP contribution in [0.5, 0.6) is 0 Å². The fraction of sp³-hybridized carbons (Fsp3) is 0.167. The van der Waals surface area contributed by atoms with Gasteiger partial charge in [0.1, 0.15) is 0 Å². The first-order valence-electron chi connectivity index (χ1n) is 3.51. The molecule has 0 saturated carbocycles. The first-order chi connectivity index (χ1) is 6.90. The van der Waals surface area contributed by atoms with Gasteiger partial charge in [-0.15, -0.1) is 15.3 Å². The van der Waals surface area contributed by atoms with E-state index in [1.807, 2.05) is 6.07 Å². The van der Waals surface area contributed by atoms with E-state index in [2.05, 4.69) is 19.8 Å². The maximum absolute atomic E-state index is 8.34. The molecule has 0 aliphatic carbocycles. The van der Waals surface area contributed by atoms with Crippen molar-refractivity contribution in [1.29, 1.82) is 5.26 Å². The summed E-state index contributed by atoms with van der Waals surface area (Å²) in [5.74, 6) is 0.621. The minimum absolute atomic E-state index is 0.289. The second-order valence-electron chi connectivity index (χ2n) is 2.11. The highest BCUT2D eigenvalue weighted by molar-refractivity contribution is 7.99. The van der Waals surface area contributed by atoms with Crippen LogP contribution < -0.4 is 0 Å². The molecule has 0 fully saturated rings. The standard InChI is InChI=1S/C6H3N5OS2/c7-1-2-13-6-10-9-5(12-6)4-3-14-11-8-4/h3H,2H2. The molecule has 2 rings (SSSR count). The summed E-state index contributed by atoms with van der Waals surface area (Å²) in [7, 11) is 0. The van der Waals surface area contributed by atoms with E-state index in [4.69, 9.17) is 9.68 Å². The van der Waals surface area contributed by atoms with Gasteiger partial charge >= 0.3 is 0 Å². The third-order valence-electron chi connectivity index (χ3n) is 1.25. The maximum Gasteiger partial charge on any atom is 0.277 e. The monoisotopic (exact) mass is 225 g/mol. The number of hydrogen-bond donors (Lipinski definition) is 0. The predicted molar refractivity (Wildman–Crippen MR) is 49.5 cm³/mol. The van der Waals surface area contributed by atoms with Gasteiger partial charge in [0.15, 0.2) is 5.69 Å². The van der Waals surface area contributed by atoms with Gasteiger partial charge in [0.05, 0.1) is 11.8 Å². The van der Waals surface area contributed by atoms with Crippen LogP contribution in [0.25, 0.3) is 11.6 Å². The molecule has 0 radical (unpaired) electrons. The Bertz CT molecular complexity index is 445. The van der Waals surface area contributed by atoms with E-state index in [0.717, 1.165) is 0 Å². The molecule has 0 aliphatic rings. The second kappa shape index (κ2) is 4.17. The quantitative estimate of drug-likeness (QED) is 0.725. The number of thioether (sulfide) groups is 1. The Hall–Kier alpha value is -1.46. The van der Waals surface area contributed by atoms with Gasteiger partial charge in [-0.05, 0) is 11.5 Å². The molecule has 0 aliphatic heterocycles. The largest absolute Gasteiger partial charge is 0.409 e. The van der Waals surface area contributed by atoms with Crippen molar-refractivity contribution in [3.05, 3.63) is 5.38 Å². The number of aromatic nitrogens is 4. The summed E-state index contributed by atoms with van der Waals surface area (Å²) in [6.45, 7) is 0. The van der Waals surface area contributed by atoms with Crippen LogP contribution in [-0.2, 0) is 0 Å². The van der Waals surface area contributed by atoms with Crippen LogP contribution in [0.4, 0.5) is 0 Å². The van der Waals surface area contributed by atoms with Gasteiger partial charge < -0.3 is 4.42 Å². The molecule has 0 aromatic carbocycles. The zero-order chi connectivity index (χ0) is 9.80.